The molecule has 2 heterocycles. The number of benzene rings is 1. The number of aryl methyl sites for hydroxylation is 1. The molecule has 29 heavy (non-hydrogen) atoms. The molecule has 1 aliphatic rings. The second-order valence-electron chi connectivity index (χ2n) is 7.53. The molecule has 1 aliphatic heterocycles. The van der Waals surface area contributed by atoms with Crippen molar-refractivity contribution in [3.05, 3.63) is 54.0 Å². The molecular formula is C21H30N3O4S+. The summed E-state index contributed by atoms with van der Waals surface area (Å²) in [6.45, 7) is 6.34. The van der Waals surface area contributed by atoms with Crippen LogP contribution in [0.4, 0.5) is 0 Å². The van der Waals surface area contributed by atoms with Crippen LogP contribution in [0.2, 0.25) is 0 Å². The third kappa shape index (κ3) is 5.46. The fourth-order valence-electron chi connectivity index (χ4n) is 3.61. The Kier molecular flexibility index (Phi) is 7.10. The molecule has 0 aliphatic carbocycles. The Hall–Kier alpha value is -2.16. The Balaban J connectivity index is 1.51. The summed E-state index contributed by atoms with van der Waals surface area (Å²) in [6.07, 6.45) is 3.56. The third-order valence-electron chi connectivity index (χ3n) is 5.29. The lowest BCUT2D eigenvalue weighted by Crippen LogP contribution is -3.15. The van der Waals surface area contributed by atoms with Crippen LogP contribution >= 0.6 is 0 Å². The van der Waals surface area contributed by atoms with E-state index in [1.165, 1.54) is 4.31 Å². The number of carbonyl (C=O) groups excluding carboxylic acids is 1. The van der Waals surface area contributed by atoms with Crippen molar-refractivity contribution in [2.45, 2.75) is 37.6 Å². The van der Waals surface area contributed by atoms with Crippen LogP contribution in [0, 0.1) is 0 Å². The Morgan fingerprint density at radius 2 is 1.90 bits per heavy atom. The Morgan fingerprint density at radius 1 is 1.21 bits per heavy atom. The predicted octanol–water partition coefficient (Wildman–Crippen LogP) is 0.999. The lowest BCUT2D eigenvalue weighted by Gasteiger charge is -2.31. The number of hydrogen-bond acceptors (Lipinski definition) is 4. The van der Waals surface area contributed by atoms with Crippen molar-refractivity contribution >= 4 is 15.9 Å². The summed E-state index contributed by atoms with van der Waals surface area (Å²) in [5, 5.41) is 2.93. The first-order valence-electron chi connectivity index (χ1n) is 10.2. The Labute approximate surface area is 172 Å². The predicted molar refractivity (Wildman–Crippen MR) is 110 cm³/mol. The summed E-state index contributed by atoms with van der Waals surface area (Å²) in [5.41, 5.74) is 1.15. The van der Waals surface area contributed by atoms with Gasteiger partial charge in [0.15, 0.2) is 6.54 Å². The first-order chi connectivity index (χ1) is 13.9. The van der Waals surface area contributed by atoms with Crippen molar-refractivity contribution in [2.24, 2.45) is 0 Å². The molecule has 1 fully saturated rings. The van der Waals surface area contributed by atoms with E-state index in [1.807, 2.05) is 25.1 Å². The summed E-state index contributed by atoms with van der Waals surface area (Å²) in [5.74, 6) is 0.654. The monoisotopic (exact) mass is 420 g/mol. The highest BCUT2D eigenvalue weighted by molar-refractivity contribution is 7.89. The van der Waals surface area contributed by atoms with Gasteiger partial charge in [0.1, 0.15) is 5.76 Å². The van der Waals surface area contributed by atoms with Crippen molar-refractivity contribution < 1.29 is 22.5 Å². The molecule has 8 heteroatoms. The molecule has 7 nitrogen and oxygen atoms in total. The number of carbonyl (C=O) groups is 1. The van der Waals surface area contributed by atoms with Crippen molar-refractivity contribution in [3.8, 4) is 0 Å². The molecule has 1 saturated heterocycles. The van der Waals surface area contributed by atoms with Gasteiger partial charge >= 0.3 is 0 Å². The van der Waals surface area contributed by atoms with Gasteiger partial charge in [-0.05, 0) is 43.2 Å². The van der Waals surface area contributed by atoms with Crippen LogP contribution in [-0.4, -0.2) is 51.4 Å². The molecular weight excluding hydrogens is 390 g/mol. The van der Waals surface area contributed by atoms with E-state index >= 15 is 0 Å². The van der Waals surface area contributed by atoms with Crippen LogP contribution in [-0.2, 0) is 21.2 Å². The van der Waals surface area contributed by atoms with Crippen LogP contribution in [0.15, 0.2) is 52.0 Å². The Bertz CT molecular complexity index is 887. The van der Waals surface area contributed by atoms with Crippen molar-refractivity contribution in [2.75, 3.05) is 32.7 Å². The molecule has 158 valence electrons. The first-order valence-corrected chi connectivity index (χ1v) is 11.6. The largest absolute Gasteiger partial charge is 0.467 e. The van der Waals surface area contributed by atoms with Gasteiger partial charge in [-0.15, -0.1) is 0 Å². The van der Waals surface area contributed by atoms with Gasteiger partial charge in [-0.2, -0.15) is 4.31 Å². The lowest BCUT2D eigenvalue weighted by atomic mass is 10.1. The number of sulfonamides is 1. The molecule has 0 saturated carbocycles. The van der Waals surface area contributed by atoms with Crippen molar-refractivity contribution in [1.82, 2.24) is 9.62 Å². The zero-order valence-corrected chi connectivity index (χ0v) is 17.9. The lowest BCUT2D eigenvalue weighted by molar-refractivity contribution is -0.895. The summed E-state index contributed by atoms with van der Waals surface area (Å²) in [4.78, 5) is 13.7. The zero-order valence-electron chi connectivity index (χ0n) is 17.1. The van der Waals surface area contributed by atoms with Gasteiger partial charge in [0.05, 0.1) is 43.4 Å². The minimum absolute atomic E-state index is 0.0632. The van der Waals surface area contributed by atoms with Gasteiger partial charge in [-0.3, -0.25) is 4.79 Å². The Morgan fingerprint density at radius 3 is 2.48 bits per heavy atom. The van der Waals surface area contributed by atoms with E-state index < -0.39 is 10.0 Å². The maximum absolute atomic E-state index is 12.9. The van der Waals surface area contributed by atoms with Gasteiger partial charge < -0.3 is 14.6 Å². The average molecular weight is 421 g/mol. The van der Waals surface area contributed by atoms with Gasteiger partial charge in [0.2, 0.25) is 10.0 Å². The number of nitrogens with one attached hydrogen (secondary N) is 2. The highest BCUT2D eigenvalue weighted by atomic mass is 32.2. The number of quaternary nitrogens is 1. The number of amides is 1. The van der Waals surface area contributed by atoms with E-state index in [2.05, 4.69) is 12.2 Å². The maximum atomic E-state index is 12.9. The quantitative estimate of drug-likeness (QED) is 0.667. The zero-order chi connectivity index (χ0) is 20.9. The van der Waals surface area contributed by atoms with Crippen LogP contribution in [0.1, 0.15) is 37.6 Å². The summed E-state index contributed by atoms with van der Waals surface area (Å²) >= 11 is 0. The molecule has 0 spiro atoms. The fourth-order valence-corrected chi connectivity index (χ4v) is 5.06. The topological polar surface area (TPSA) is 84.1 Å². The SMILES string of the molecule is CCCc1ccc(S(=O)(=O)N2CC[NH+](CC(=O)N[C@@H](C)c3ccco3)CC2)cc1. The van der Waals surface area contributed by atoms with Gasteiger partial charge in [0, 0.05) is 0 Å². The van der Waals surface area contributed by atoms with E-state index in [0.29, 0.717) is 43.4 Å². The molecule has 1 atom stereocenters. The van der Waals surface area contributed by atoms with Gasteiger partial charge in [-0.25, -0.2) is 8.42 Å². The molecule has 2 aromatic rings. The van der Waals surface area contributed by atoms with Crippen LogP contribution in [0.5, 0.6) is 0 Å². The number of furan rings is 1. The van der Waals surface area contributed by atoms with E-state index in [9.17, 15) is 13.2 Å². The minimum Gasteiger partial charge on any atom is -0.467 e. The molecule has 0 bridgehead atoms. The summed E-state index contributed by atoms with van der Waals surface area (Å²) in [7, 11) is -3.49. The average Bonchev–Trinajstić information content (AvgIpc) is 3.24. The van der Waals surface area contributed by atoms with E-state index in [4.69, 9.17) is 4.42 Å². The molecule has 3 rings (SSSR count). The summed E-state index contributed by atoms with van der Waals surface area (Å²) < 4.78 is 32.6. The number of piperazine rings is 1. The number of nitrogens with zero attached hydrogens (tertiary/aromatic N) is 1. The van der Waals surface area contributed by atoms with Crippen LogP contribution < -0.4 is 10.2 Å². The summed E-state index contributed by atoms with van der Waals surface area (Å²) in [6, 6.07) is 10.6. The normalized spacial score (nSPS) is 17.2. The van der Waals surface area contributed by atoms with Crippen LogP contribution in [0.3, 0.4) is 0 Å². The molecule has 0 radical (unpaired) electrons. The molecule has 0 unspecified atom stereocenters. The molecule has 1 aromatic carbocycles. The minimum atomic E-state index is -3.49. The highest BCUT2D eigenvalue weighted by Gasteiger charge is 2.31. The maximum Gasteiger partial charge on any atom is 0.275 e. The van der Waals surface area contributed by atoms with E-state index in [-0.39, 0.29) is 11.9 Å². The second kappa shape index (κ2) is 9.56. The standard InChI is InChI=1S/C21H29N3O4S/c1-3-5-18-7-9-19(10-8-18)29(26,27)24-13-11-23(12-14-24)16-21(25)22-17(2)20-6-4-15-28-20/h4,6-10,15,17H,3,5,11-14,16H2,1-2H3,(H,22,25)/p+1/t17-/m0/s1. The fraction of sp³-hybridized carbons (Fsp3) is 0.476. The van der Waals surface area contributed by atoms with Gasteiger partial charge in [-0.1, -0.05) is 25.5 Å². The van der Waals surface area contributed by atoms with Gasteiger partial charge in [0.25, 0.3) is 5.91 Å². The van der Waals surface area contributed by atoms with Crippen molar-refractivity contribution in [3.63, 3.8) is 0 Å². The highest BCUT2D eigenvalue weighted by Crippen LogP contribution is 2.17. The van der Waals surface area contributed by atoms with E-state index in [0.717, 1.165) is 23.3 Å². The third-order valence-corrected chi connectivity index (χ3v) is 7.20. The number of rotatable bonds is 8. The smallest absolute Gasteiger partial charge is 0.275 e. The number of hydrogen-bond donors (Lipinski definition) is 2. The van der Waals surface area contributed by atoms with Crippen molar-refractivity contribution in [1.29, 1.82) is 0 Å². The molecule has 1 amide bonds. The van der Waals surface area contributed by atoms with E-state index in [1.54, 1.807) is 24.5 Å². The van der Waals surface area contributed by atoms with Crippen LogP contribution in [0.25, 0.3) is 0 Å². The second-order valence-corrected chi connectivity index (χ2v) is 9.47. The molecule has 2 N–H and O–H groups in total. The molecule has 1 aromatic heterocycles. The first kappa shape index (κ1) is 21.5.